The van der Waals surface area contributed by atoms with Crippen LogP contribution in [0.2, 0.25) is 0 Å². The molecule has 1 aliphatic heterocycles. The summed E-state index contributed by atoms with van der Waals surface area (Å²) in [6, 6.07) is 10.7. The number of rotatable bonds is 5. The molecule has 2 saturated carbocycles. The average Bonchev–Trinajstić information content (AvgIpc) is 3.15. The van der Waals surface area contributed by atoms with Crippen molar-refractivity contribution >= 4 is 18.1 Å². The minimum atomic E-state index is -0.346. The molecule has 2 aliphatic carbocycles. The second-order valence-electron chi connectivity index (χ2n) is 10.4. The van der Waals surface area contributed by atoms with Crippen molar-refractivity contribution in [2.75, 3.05) is 6.61 Å². The van der Waals surface area contributed by atoms with E-state index in [1.165, 1.54) is 12.1 Å². The van der Waals surface area contributed by atoms with Crippen molar-refractivity contribution in [2.24, 2.45) is 29.6 Å². The van der Waals surface area contributed by atoms with Crippen molar-refractivity contribution in [3.05, 3.63) is 60.2 Å². The zero-order chi connectivity index (χ0) is 25.2. The molecule has 2 aromatic rings. The fourth-order valence-corrected chi connectivity index (χ4v) is 6.72. The van der Waals surface area contributed by atoms with Gasteiger partial charge in [-0.3, -0.25) is 9.78 Å². The summed E-state index contributed by atoms with van der Waals surface area (Å²) in [4.78, 5) is 29.2. The van der Waals surface area contributed by atoms with Gasteiger partial charge in [-0.1, -0.05) is 31.2 Å². The number of halogens is 1. The highest BCUT2D eigenvalue weighted by Crippen LogP contribution is 2.51. The van der Waals surface area contributed by atoms with Gasteiger partial charge in [0, 0.05) is 29.8 Å². The number of pyridine rings is 1. The fraction of sp³-hybridized carbons (Fsp3) is 0.483. The number of allylic oxidation sites excluding steroid dienone is 1. The second kappa shape index (κ2) is 10.4. The van der Waals surface area contributed by atoms with Crippen LogP contribution in [0.15, 0.2) is 48.7 Å². The molecule has 1 aromatic heterocycles. The van der Waals surface area contributed by atoms with E-state index in [2.05, 4.69) is 27.8 Å². The zero-order valence-corrected chi connectivity index (χ0v) is 20.8. The Morgan fingerprint density at radius 3 is 2.83 bits per heavy atom. The number of carbonyl (C=O) groups excluding carboxylic acids is 2. The predicted octanol–water partition coefficient (Wildman–Crippen LogP) is 5.20. The first kappa shape index (κ1) is 24.5. The summed E-state index contributed by atoms with van der Waals surface area (Å²) in [5.41, 5.74) is 2.51. The van der Waals surface area contributed by atoms with E-state index < -0.39 is 0 Å². The molecule has 2 N–H and O–H groups in total. The van der Waals surface area contributed by atoms with Gasteiger partial charge >= 0.3 is 6.09 Å². The lowest BCUT2D eigenvalue weighted by atomic mass is 9.58. The first-order valence-electron chi connectivity index (χ1n) is 13.1. The van der Waals surface area contributed by atoms with Gasteiger partial charge < -0.3 is 15.4 Å². The van der Waals surface area contributed by atoms with E-state index in [9.17, 15) is 14.0 Å². The molecule has 6 nitrogen and oxygen atoms in total. The molecule has 2 amide bonds. The van der Waals surface area contributed by atoms with Gasteiger partial charge in [-0.05, 0) is 86.1 Å². The average molecular weight is 492 g/mol. The molecule has 0 bridgehead atoms. The lowest BCUT2D eigenvalue weighted by molar-refractivity contribution is -0.122. The number of aromatic nitrogens is 1. The van der Waals surface area contributed by atoms with Crippen molar-refractivity contribution in [3.8, 4) is 11.1 Å². The molecule has 0 spiro atoms. The van der Waals surface area contributed by atoms with E-state index in [1.807, 2.05) is 32.0 Å². The van der Waals surface area contributed by atoms with E-state index in [0.29, 0.717) is 18.4 Å². The Morgan fingerprint density at radius 2 is 2.08 bits per heavy atom. The number of hydrogen-bond donors (Lipinski definition) is 2. The summed E-state index contributed by atoms with van der Waals surface area (Å²) in [6.07, 6.45) is 9.54. The number of hydrogen-bond acceptors (Lipinski definition) is 4. The lowest BCUT2D eigenvalue weighted by Crippen LogP contribution is -2.50. The summed E-state index contributed by atoms with van der Waals surface area (Å²) in [5, 5.41) is 6.27. The molecule has 7 heteroatoms. The van der Waals surface area contributed by atoms with E-state index in [1.54, 1.807) is 12.3 Å². The maximum atomic E-state index is 13.6. The van der Waals surface area contributed by atoms with Crippen LogP contribution >= 0.6 is 0 Å². The van der Waals surface area contributed by atoms with E-state index in [-0.39, 0.29) is 47.7 Å². The summed E-state index contributed by atoms with van der Waals surface area (Å²) >= 11 is 0. The normalized spacial score (nSPS) is 31.4. The summed E-state index contributed by atoms with van der Waals surface area (Å²) < 4.78 is 18.7. The Bertz CT molecular complexity index is 1130. The SMILES string of the molecule is CCOC(=O)N[C@@H]1CC[C@@H]2[C@@H](C1)C[C@H]1NC(=O)[C@H](C)[C@H]1[C@H]2C=Cc1ccc(-c2cccc(F)c2)cn1. The van der Waals surface area contributed by atoms with Gasteiger partial charge in [0.05, 0.1) is 12.3 Å². The molecule has 7 atom stereocenters. The topological polar surface area (TPSA) is 80.3 Å². The number of carbonyl (C=O) groups is 2. The van der Waals surface area contributed by atoms with Crippen LogP contribution in [0, 0.1) is 35.4 Å². The van der Waals surface area contributed by atoms with Crippen LogP contribution in [0.5, 0.6) is 0 Å². The van der Waals surface area contributed by atoms with Crippen molar-refractivity contribution in [2.45, 2.75) is 51.6 Å². The second-order valence-corrected chi connectivity index (χ2v) is 10.4. The number of amides is 2. The number of nitrogens with zero attached hydrogens (tertiary/aromatic N) is 1. The number of fused-ring (bicyclic) bond motifs is 2. The highest BCUT2D eigenvalue weighted by molar-refractivity contribution is 5.81. The van der Waals surface area contributed by atoms with Crippen LogP contribution in [0.3, 0.4) is 0 Å². The lowest BCUT2D eigenvalue weighted by Gasteiger charge is -2.48. The molecule has 2 heterocycles. The predicted molar refractivity (Wildman–Crippen MR) is 136 cm³/mol. The van der Waals surface area contributed by atoms with Crippen molar-refractivity contribution in [1.29, 1.82) is 0 Å². The van der Waals surface area contributed by atoms with Gasteiger partial charge in [0.25, 0.3) is 0 Å². The van der Waals surface area contributed by atoms with Gasteiger partial charge in [0.2, 0.25) is 5.91 Å². The van der Waals surface area contributed by atoms with Crippen molar-refractivity contribution in [3.63, 3.8) is 0 Å². The smallest absolute Gasteiger partial charge is 0.407 e. The van der Waals surface area contributed by atoms with Crippen LogP contribution in [0.4, 0.5) is 9.18 Å². The third-order valence-electron chi connectivity index (χ3n) is 8.35. The molecule has 5 rings (SSSR count). The van der Waals surface area contributed by atoms with E-state index in [0.717, 1.165) is 42.5 Å². The van der Waals surface area contributed by atoms with Gasteiger partial charge in [0.1, 0.15) is 5.82 Å². The molecular weight excluding hydrogens is 457 g/mol. The quantitative estimate of drug-likeness (QED) is 0.602. The molecule has 1 aromatic carbocycles. The van der Waals surface area contributed by atoms with E-state index >= 15 is 0 Å². The van der Waals surface area contributed by atoms with Gasteiger partial charge in [-0.25, -0.2) is 9.18 Å². The Kier molecular flexibility index (Phi) is 7.08. The van der Waals surface area contributed by atoms with Gasteiger partial charge in [0.15, 0.2) is 0 Å². The highest BCUT2D eigenvalue weighted by Gasteiger charge is 2.52. The Labute approximate surface area is 211 Å². The molecule has 0 radical (unpaired) electrons. The number of nitrogens with one attached hydrogen (secondary N) is 2. The molecule has 190 valence electrons. The Morgan fingerprint density at radius 1 is 1.22 bits per heavy atom. The summed E-state index contributed by atoms with van der Waals surface area (Å²) in [5.74, 6) is 1.26. The van der Waals surface area contributed by atoms with Crippen molar-refractivity contribution < 1.29 is 18.7 Å². The summed E-state index contributed by atoms with van der Waals surface area (Å²) in [6.45, 7) is 4.21. The summed E-state index contributed by atoms with van der Waals surface area (Å²) in [7, 11) is 0. The maximum Gasteiger partial charge on any atom is 0.407 e. The van der Waals surface area contributed by atoms with Gasteiger partial charge in [-0.2, -0.15) is 0 Å². The number of benzene rings is 1. The third kappa shape index (κ3) is 5.01. The Balaban J connectivity index is 1.34. The fourth-order valence-electron chi connectivity index (χ4n) is 6.72. The van der Waals surface area contributed by atoms with Crippen molar-refractivity contribution in [1.82, 2.24) is 15.6 Å². The van der Waals surface area contributed by atoms with Crippen LogP contribution in [-0.4, -0.2) is 35.7 Å². The largest absolute Gasteiger partial charge is 0.450 e. The maximum absolute atomic E-state index is 13.6. The standard InChI is InChI=1S/C29H34FN3O3/c1-3-36-29(35)32-23-10-11-24-20(14-23)15-26-27(17(2)28(34)33-26)25(24)12-9-22-8-7-19(16-31-22)18-5-4-6-21(30)13-18/h4-9,12-13,16-17,20,23-27H,3,10-11,14-15H2,1-2H3,(H,32,35)(H,33,34)/t17-,20+,23-,24-,25+,26-,27+/m1/s1. The monoisotopic (exact) mass is 491 g/mol. The zero-order valence-electron chi connectivity index (χ0n) is 20.8. The molecular formula is C29H34FN3O3. The molecule has 3 aliphatic rings. The Hall–Kier alpha value is -3.22. The molecule has 1 saturated heterocycles. The van der Waals surface area contributed by atoms with Crippen LogP contribution in [0.25, 0.3) is 17.2 Å². The highest BCUT2D eigenvalue weighted by atomic mass is 19.1. The van der Waals surface area contributed by atoms with E-state index in [4.69, 9.17) is 4.74 Å². The minimum absolute atomic E-state index is 0.0238. The molecule has 36 heavy (non-hydrogen) atoms. The third-order valence-corrected chi connectivity index (χ3v) is 8.35. The molecule has 3 fully saturated rings. The number of ether oxygens (including phenoxy) is 1. The minimum Gasteiger partial charge on any atom is -0.450 e. The van der Waals surface area contributed by atoms with Crippen LogP contribution in [0.1, 0.15) is 45.2 Å². The van der Waals surface area contributed by atoms with Crippen LogP contribution < -0.4 is 10.6 Å². The molecule has 0 unspecified atom stereocenters. The first-order valence-corrected chi connectivity index (χ1v) is 13.1. The first-order chi connectivity index (χ1) is 17.4. The van der Waals surface area contributed by atoms with Crippen LogP contribution in [-0.2, 0) is 9.53 Å². The van der Waals surface area contributed by atoms with Gasteiger partial charge in [-0.15, -0.1) is 0 Å². The number of alkyl carbamates (subject to hydrolysis) is 1.